The maximum atomic E-state index is 12.2. The molecule has 1 heterocycles. The highest BCUT2D eigenvalue weighted by atomic mass is 35.5. The van der Waals surface area contributed by atoms with Crippen LogP contribution in [-0.4, -0.2) is 17.8 Å². The summed E-state index contributed by atoms with van der Waals surface area (Å²) in [5.74, 6) is 0.213. The van der Waals surface area contributed by atoms with Crippen molar-refractivity contribution in [2.45, 2.75) is 19.9 Å². The number of urea groups is 1. The minimum atomic E-state index is -0.519. The number of nitrogens with zero attached hydrogens (tertiary/aromatic N) is 1. The van der Waals surface area contributed by atoms with Crippen LogP contribution in [0.4, 0.5) is 10.5 Å². The van der Waals surface area contributed by atoms with E-state index in [1.807, 2.05) is 12.1 Å². The fraction of sp³-hybridized carbons (Fsp3) is 0.150. The Morgan fingerprint density at radius 1 is 1.00 bits per heavy atom. The topological polar surface area (TPSA) is 94.6 Å². The first-order chi connectivity index (χ1) is 13.8. The number of aliphatic imine (C=N–C) groups is 1. The molecular weight excluding hydrogens is 413 g/mol. The van der Waals surface area contributed by atoms with Gasteiger partial charge < -0.3 is 10.6 Å². The van der Waals surface area contributed by atoms with E-state index in [0.717, 1.165) is 5.56 Å². The number of hydrogen-bond acceptors (Lipinski definition) is 5. The normalized spacial score (nSPS) is 15.9. The van der Waals surface area contributed by atoms with Crippen molar-refractivity contribution < 1.29 is 9.59 Å². The molecule has 0 aliphatic carbocycles. The fourth-order valence-corrected chi connectivity index (χ4v) is 3.15. The number of anilines is 1. The average Bonchev–Trinajstić information content (AvgIpc) is 2.68. The predicted molar refractivity (Wildman–Crippen MR) is 115 cm³/mol. The Bertz CT molecular complexity index is 985. The number of hydrazine groups is 1. The number of carbonyl (C=O) groups is 2. The minimum absolute atomic E-state index is 0.0915. The molecule has 2 aromatic carbocycles. The van der Waals surface area contributed by atoms with E-state index in [1.165, 1.54) is 6.92 Å². The molecule has 0 saturated heterocycles. The molecule has 9 heteroatoms. The zero-order valence-corrected chi connectivity index (χ0v) is 17.2. The minimum Gasteiger partial charge on any atom is -0.328 e. The van der Waals surface area contributed by atoms with Gasteiger partial charge in [-0.3, -0.25) is 10.2 Å². The third kappa shape index (κ3) is 5.28. The van der Waals surface area contributed by atoms with Gasteiger partial charge in [0, 0.05) is 27.0 Å². The van der Waals surface area contributed by atoms with Crippen LogP contribution < -0.4 is 21.5 Å². The molecule has 150 valence electrons. The molecule has 4 N–H and O–H groups in total. The maximum Gasteiger partial charge on any atom is 0.337 e. The summed E-state index contributed by atoms with van der Waals surface area (Å²) in [4.78, 5) is 28.8. The molecule has 1 aliphatic rings. The molecule has 2 aromatic rings. The van der Waals surface area contributed by atoms with Gasteiger partial charge in [-0.25, -0.2) is 15.2 Å². The molecule has 0 spiro atoms. The summed E-state index contributed by atoms with van der Waals surface area (Å²) in [5, 5.41) is 6.83. The van der Waals surface area contributed by atoms with Gasteiger partial charge in [0.25, 0.3) is 0 Å². The number of carbonyl (C=O) groups excluding carboxylic acids is 2. The number of Topliss-reactive ketones (excluding diaryl/α,β-unsaturated/α-hetero) is 1. The molecule has 0 radical (unpaired) electrons. The Morgan fingerprint density at radius 2 is 1.59 bits per heavy atom. The molecule has 0 aromatic heterocycles. The number of nitrogens with one attached hydrogen (secondary N) is 4. The van der Waals surface area contributed by atoms with Crippen LogP contribution in [0.15, 0.2) is 64.8 Å². The first kappa shape index (κ1) is 20.7. The zero-order valence-electron chi connectivity index (χ0n) is 15.7. The quantitative estimate of drug-likeness (QED) is 0.548. The van der Waals surface area contributed by atoms with Crippen LogP contribution in [0.5, 0.6) is 0 Å². The predicted octanol–water partition coefficient (Wildman–Crippen LogP) is 4.18. The smallest absolute Gasteiger partial charge is 0.328 e. The van der Waals surface area contributed by atoms with E-state index in [2.05, 4.69) is 26.5 Å². The lowest BCUT2D eigenvalue weighted by molar-refractivity contribution is -0.114. The summed E-state index contributed by atoms with van der Waals surface area (Å²) in [6.45, 7) is 3.28. The Hall–Kier alpha value is -3.03. The standard InChI is InChI=1S/C20H19Cl2N5O2/c1-11-17(12(2)28)18(13-3-5-14(21)6-4-13)25-19(23-11)26-27-20(29)24-16-9-7-15(22)8-10-16/h3-10,18H,1-2H3,(H2,23,25,26)(H2,24,27,29). The van der Waals surface area contributed by atoms with Crippen LogP contribution in [0.25, 0.3) is 0 Å². The van der Waals surface area contributed by atoms with Gasteiger partial charge >= 0.3 is 6.03 Å². The van der Waals surface area contributed by atoms with E-state index in [4.69, 9.17) is 23.2 Å². The molecule has 0 bridgehead atoms. The van der Waals surface area contributed by atoms with Crippen molar-refractivity contribution in [3.8, 4) is 0 Å². The average molecular weight is 432 g/mol. The molecule has 0 fully saturated rings. The first-order valence-electron chi connectivity index (χ1n) is 8.74. The summed E-state index contributed by atoms with van der Waals surface area (Å²) in [5.41, 5.74) is 7.83. The monoisotopic (exact) mass is 431 g/mol. The second-order valence-corrected chi connectivity index (χ2v) is 7.24. The second kappa shape index (κ2) is 8.98. The number of amides is 2. The van der Waals surface area contributed by atoms with Crippen molar-refractivity contribution in [1.29, 1.82) is 0 Å². The third-order valence-electron chi connectivity index (χ3n) is 4.20. The SMILES string of the molecule is CC(=O)C1=C(C)NC(NNC(=O)Nc2ccc(Cl)cc2)=NC1c1ccc(Cl)cc1. The Morgan fingerprint density at radius 3 is 2.17 bits per heavy atom. The van der Waals surface area contributed by atoms with Crippen molar-refractivity contribution in [3.05, 3.63) is 75.4 Å². The molecule has 1 atom stereocenters. The van der Waals surface area contributed by atoms with Crippen molar-refractivity contribution >= 4 is 46.7 Å². The van der Waals surface area contributed by atoms with Gasteiger partial charge in [0.05, 0.1) is 0 Å². The number of hydrogen-bond donors (Lipinski definition) is 4. The van der Waals surface area contributed by atoms with Crippen LogP contribution >= 0.6 is 23.2 Å². The first-order valence-corrected chi connectivity index (χ1v) is 9.49. The number of allylic oxidation sites excluding steroid dienone is 1. The highest BCUT2D eigenvalue weighted by molar-refractivity contribution is 6.30. The van der Waals surface area contributed by atoms with E-state index in [9.17, 15) is 9.59 Å². The van der Waals surface area contributed by atoms with Crippen molar-refractivity contribution in [1.82, 2.24) is 16.2 Å². The van der Waals surface area contributed by atoms with Crippen molar-refractivity contribution in [3.63, 3.8) is 0 Å². The van der Waals surface area contributed by atoms with E-state index >= 15 is 0 Å². The molecule has 1 unspecified atom stereocenters. The van der Waals surface area contributed by atoms with Crippen LogP contribution in [0.3, 0.4) is 0 Å². The Labute approximate surface area is 178 Å². The molecule has 29 heavy (non-hydrogen) atoms. The lowest BCUT2D eigenvalue weighted by Gasteiger charge is -2.26. The number of rotatable bonds is 3. The van der Waals surface area contributed by atoms with Crippen LogP contribution in [0.1, 0.15) is 25.5 Å². The Kier molecular flexibility index (Phi) is 6.41. The van der Waals surface area contributed by atoms with E-state index in [-0.39, 0.29) is 5.78 Å². The maximum absolute atomic E-state index is 12.2. The number of halogens is 2. The van der Waals surface area contributed by atoms with Crippen molar-refractivity contribution in [2.24, 2.45) is 4.99 Å². The fourth-order valence-electron chi connectivity index (χ4n) is 2.89. The van der Waals surface area contributed by atoms with Crippen molar-refractivity contribution in [2.75, 3.05) is 5.32 Å². The highest BCUT2D eigenvalue weighted by Gasteiger charge is 2.27. The molecule has 3 rings (SSSR count). The number of guanidine groups is 1. The lowest BCUT2D eigenvalue weighted by Crippen LogP contribution is -2.50. The van der Waals surface area contributed by atoms with E-state index < -0.39 is 12.1 Å². The molecule has 7 nitrogen and oxygen atoms in total. The zero-order chi connectivity index (χ0) is 21.0. The lowest BCUT2D eigenvalue weighted by atomic mass is 9.94. The summed E-state index contributed by atoms with van der Waals surface area (Å²) in [7, 11) is 0. The number of ketones is 1. The summed E-state index contributed by atoms with van der Waals surface area (Å²) in [6, 6.07) is 12.8. The summed E-state index contributed by atoms with van der Waals surface area (Å²) >= 11 is 11.8. The van der Waals surface area contributed by atoms with Gasteiger partial charge in [0.2, 0.25) is 5.96 Å². The van der Waals surface area contributed by atoms with Gasteiger partial charge in [0.1, 0.15) is 6.04 Å². The Balaban J connectivity index is 1.72. The molecule has 0 saturated carbocycles. The van der Waals surface area contributed by atoms with Gasteiger partial charge in [-0.15, -0.1) is 0 Å². The second-order valence-electron chi connectivity index (χ2n) is 6.36. The molecule has 2 amide bonds. The molecular formula is C20H19Cl2N5O2. The van der Waals surface area contributed by atoms with E-state index in [1.54, 1.807) is 43.3 Å². The van der Waals surface area contributed by atoms with Gasteiger partial charge in [0.15, 0.2) is 5.78 Å². The molecule has 1 aliphatic heterocycles. The van der Waals surface area contributed by atoms with E-state index in [0.29, 0.717) is 33.0 Å². The highest BCUT2D eigenvalue weighted by Crippen LogP contribution is 2.31. The van der Waals surface area contributed by atoms with Crippen LogP contribution in [0.2, 0.25) is 10.0 Å². The summed E-state index contributed by atoms with van der Waals surface area (Å²) in [6.07, 6.45) is 0. The van der Waals surface area contributed by atoms with Crippen LogP contribution in [0, 0.1) is 0 Å². The van der Waals surface area contributed by atoms with Gasteiger partial charge in [-0.1, -0.05) is 35.3 Å². The largest absolute Gasteiger partial charge is 0.337 e. The van der Waals surface area contributed by atoms with Gasteiger partial charge in [-0.05, 0) is 55.8 Å². The summed E-state index contributed by atoms with van der Waals surface area (Å²) < 4.78 is 0. The van der Waals surface area contributed by atoms with Gasteiger partial charge in [-0.2, -0.15) is 0 Å². The number of benzene rings is 2. The third-order valence-corrected chi connectivity index (χ3v) is 4.71. The van der Waals surface area contributed by atoms with Crippen LogP contribution in [-0.2, 0) is 4.79 Å².